The zero-order valence-electron chi connectivity index (χ0n) is 13.4. The Labute approximate surface area is 124 Å². The fourth-order valence-corrected chi connectivity index (χ4v) is 5.26. The van der Waals surface area contributed by atoms with E-state index in [0.717, 1.165) is 45.3 Å². The third kappa shape index (κ3) is 3.93. The molecule has 1 saturated carbocycles. The van der Waals surface area contributed by atoms with Crippen LogP contribution in [0, 0.1) is 0 Å². The molecule has 1 rings (SSSR count). The summed E-state index contributed by atoms with van der Waals surface area (Å²) in [5.74, 6) is 0. The van der Waals surface area contributed by atoms with Gasteiger partial charge in [0.25, 0.3) is 0 Å². The van der Waals surface area contributed by atoms with E-state index < -0.39 is 9.84 Å². The van der Waals surface area contributed by atoms with Crippen LogP contribution in [-0.4, -0.2) is 75.5 Å². The van der Waals surface area contributed by atoms with Crippen LogP contribution in [0.4, 0.5) is 0 Å². The minimum absolute atomic E-state index is 0.311. The number of hydrogen-bond acceptors (Lipinski definition) is 5. The van der Waals surface area contributed by atoms with Crippen molar-refractivity contribution in [1.82, 2.24) is 9.80 Å². The number of nitrogens with two attached hydrogens (primary N) is 1. The zero-order chi connectivity index (χ0) is 15.4. The van der Waals surface area contributed by atoms with Crippen LogP contribution in [0.25, 0.3) is 0 Å². The van der Waals surface area contributed by atoms with E-state index >= 15 is 0 Å². The lowest BCUT2D eigenvalue weighted by molar-refractivity contribution is 0.0926. The minimum atomic E-state index is -3.06. The lowest BCUT2D eigenvalue weighted by atomic mass is 9.94. The molecule has 0 aromatic carbocycles. The van der Waals surface area contributed by atoms with Gasteiger partial charge in [0.15, 0.2) is 9.84 Å². The quantitative estimate of drug-likeness (QED) is 0.709. The van der Waals surface area contributed by atoms with Crippen molar-refractivity contribution in [2.45, 2.75) is 43.4 Å². The standard InChI is InChI=1S/C14H31N3O2S/c1-5-9-17(11-10-16(2)3)14(12-15)8-6-7-13(14)20(4,18)19/h13H,5-12,15H2,1-4H3. The maximum absolute atomic E-state index is 12.2. The molecule has 1 aliphatic carbocycles. The Morgan fingerprint density at radius 3 is 2.35 bits per heavy atom. The van der Waals surface area contributed by atoms with Crippen molar-refractivity contribution in [3.8, 4) is 0 Å². The first-order chi connectivity index (χ1) is 9.28. The van der Waals surface area contributed by atoms with Gasteiger partial charge in [0.05, 0.1) is 5.25 Å². The van der Waals surface area contributed by atoms with Gasteiger partial charge in [0, 0.05) is 31.4 Å². The molecule has 2 N–H and O–H groups in total. The van der Waals surface area contributed by atoms with Crippen molar-refractivity contribution < 1.29 is 8.42 Å². The van der Waals surface area contributed by atoms with E-state index in [1.807, 2.05) is 14.1 Å². The van der Waals surface area contributed by atoms with Crippen molar-refractivity contribution in [2.24, 2.45) is 5.73 Å². The summed E-state index contributed by atoms with van der Waals surface area (Å²) in [4.78, 5) is 4.48. The maximum Gasteiger partial charge on any atom is 0.152 e. The minimum Gasteiger partial charge on any atom is -0.329 e. The molecule has 0 aromatic rings. The molecule has 0 aliphatic heterocycles. The summed E-state index contributed by atoms with van der Waals surface area (Å²) in [6.07, 6.45) is 4.99. The number of nitrogens with zero attached hydrogens (tertiary/aromatic N) is 2. The smallest absolute Gasteiger partial charge is 0.152 e. The molecule has 0 spiro atoms. The molecule has 2 atom stereocenters. The topological polar surface area (TPSA) is 66.6 Å². The summed E-state index contributed by atoms with van der Waals surface area (Å²) in [6.45, 7) is 5.29. The number of likely N-dealkylation sites (N-methyl/N-ethyl adjacent to an activating group) is 1. The van der Waals surface area contributed by atoms with E-state index in [1.54, 1.807) is 0 Å². The van der Waals surface area contributed by atoms with Crippen molar-refractivity contribution in [2.75, 3.05) is 46.5 Å². The molecule has 120 valence electrons. The molecule has 20 heavy (non-hydrogen) atoms. The van der Waals surface area contributed by atoms with Gasteiger partial charge in [-0.2, -0.15) is 0 Å². The van der Waals surface area contributed by atoms with Crippen molar-refractivity contribution in [3.63, 3.8) is 0 Å². The maximum atomic E-state index is 12.2. The van der Waals surface area contributed by atoms with Gasteiger partial charge in [-0.25, -0.2) is 8.42 Å². The Bertz CT molecular complexity index is 397. The average molecular weight is 305 g/mol. The van der Waals surface area contributed by atoms with Crippen LogP contribution in [0.5, 0.6) is 0 Å². The highest BCUT2D eigenvalue weighted by atomic mass is 32.2. The highest BCUT2D eigenvalue weighted by Gasteiger charge is 2.50. The summed E-state index contributed by atoms with van der Waals surface area (Å²) in [5.41, 5.74) is 5.71. The molecule has 0 aromatic heterocycles. The van der Waals surface area contributed by atoms with Gasteiger partial charge in [-0.3, -0.25) is 4.90 Å². The summed E-state index contributed by atoms with van der Waals surface area (Å²) >= 11 is 0. The largest absolute Gasteiger partial charge is 0.329 e. The first-order valence-electron chi connectivity index (χ1n) is 7.56. The van der Waals surface area contributed by atoms with Crippen molar-refractivity contribution in [3.05, 3.63) is 0 Å². The predicted octanol–water partition coefficient (Wildman–Crippen LogP) is 0.555. The molecule has 2 unspecified atom stereocenters. The molecule has 6 heteroatoms. The Morgan fingerprint density at radius 2 is 1.90 bits per heavy atom. The van der Waals surface area contributed by atoms with Gasteiger partial charge in [0.2, 0.25) is 0 Å². The molecule has 5 nitrogen and oxygen atoms in total. The summed E-state index contributed by atoms with van der Waals surface area (Å²) in [7, 11) is 1.03. The van der Waals surface area contributed by atoms with Gasteiger partial charge in [-0.1, -0.05) is 13.3 Å². The average Bonchev–Trinajstić information content (AvgIpc) is 2.79. The van der Waals surface area contributed by atoms with Gasteiger partial charge in [-0.15, -0.1) is 0 Å². The van der Waals surface area contributed by atoms with Crippen LogP contribution in [0.2, 0.25) is 0 Å². The van der Waals surface area contributed by atoms with Crippen LogP contribution in [-0.2, 0) is 9.84 Å². The number of hydrogen-bond donors (Lipinski definition) is 1. The van der Waals surface area contributed by atoms with E-state index in [9.17, 15) is 8.42 Å². The van der Waals surface area contributed by atoms with Gasteiger partial charge < -0.3 is 10.6 Å². The lowest BCUT2D eigenvalue weighted by Crippen LogP contribution is -2.61. The van der Waals surface area contributed by atoms with Crippen molar-refractivity contribution in [1.29, 1.82) is 0 Å². The summed E-state index contributed by atoms with van der Waals surface area (Å²) < 4.78 is 24.3. The van der Waals surface area contributed by atoms with Crippen LogP contribution < -0.4 is 5.73 Å². The second kappa shape index (κ2) is 7.20. The molecule has 1 aliphatic rings. The predicted molar refractivity (Wildman–Crippen MR) is 84.7 cm³/mol. The fraction of sp³-hybridized carbons (Fsp3) is 1.00. The molecule has 0 amide bonds. The second-order valence-corrected chi connectivity index (χ2v) is 8.54. The molecule has 1 fully saturated rings. The first-order valence-corrected chi connectivity index (χ1v) is 9.52. The van der Waals surface area contributed by atoms with Gasteiger partial charge in [-0.05, 0) is 39.9 Å². The van der Waals surface area contributed by atoms with E-state index in [0.29, 0.717) is 6.54 Å². The number of rotatable bonds is 8. The van der Waals surface area contributed by atoms with E-state index in [-0.39, 0.29) is 10.8 Å². The first kappa shape index (κ1) is 17.9. The van der Waals surface area contributed by atoms with E-state index in [4.69, 9.17) is 5.73 Å². The second-order valence-electron chi connectivity index (χ2n) is 6.31. The van der Waals surface area contributed by atoms with Crippen molar-refractivity contribution >= 4 is 9.84 Å². The normalized spacial score (nSPS) is 27.6. The Balaban J connectivity index is 3.03. The highest BCUT2D eigenvalue weighted by Crippen LogP contribution is 2.39. The Hall–Kier alpha value is -0.170. The van der Waals surface area contributed by atoms with Gasteiger partial charge in [0.1, 0.15) is 0 Å². The molecule has 0 heterocycles. The third-order valence-corrected chi connectivity index (χ3v) is 6.19. The van der Waals surface area contributed by atoms with Gasteiger partial charge >= 0.3 is 0 Å². The van der Waals surface area contributed by atoms with Crippen LogP contribution in [0.3, 0.4) is 0 Å². The summed E-state index contributed by atoms with van der Waals surface area (Å²) in [5, 5.41) is -0.311. The molecule has 0 bridgehead atoms. The number of sulfone groups is 1. The SMILES string of the molecule is CCCN(CCN(C)C)C1(CN)CCCC1S(C)(=O)=O. The Kier molecular flexibility index (Phi) is 6.44. The van der Waals surface area contributed by atoms with Crippen LogP contribution >= 0.6 is 0 Å². The molecule has 0 radical (unpaired) electrons. The monoisotopic (exact) mass is 305 g/mol. The van der Waals surface area contributed by atoms with Crippen LogP contribution in [0.15, 0.2) is 0 Å². The molecular formula is C14H31N3O2S. The zero-order valence-corrected chi connectivity index (χ0v) is 14.2. The summed E-state index contributed by atoms with van der Waals surface area (Å²) in [6, 6.07) is 0. The van der Waals surface area contributed by atoms with E-state index in [1.165, 1.54) is 6.26 Å². The molecule has 0 saturated heterocycles. The highest BCUT2D eigenvalue weighted by molar-refractivity contribution is 7.91. The van der Waals surface area contributed by atoms with Crippen LogP contribution in [0.1, 0.15) is 32.6 Å². The third-order valence-electron chi connectivity index (χ3n) is 4.49. The fourth-order valence-electron chi connectivity index (χ4n) is 3.51. The molecular weight excluding hydrogens is 274 g/mol. The van der Waals surface area contributed by atoms with E-state index in [2.05, 4.69) is 16.7 Å². The lowest BCUT2D eigenvalue weighted by Gasteiger charge is -2.44. The Morgan fingerprint density at radius 1 is 1.25 bits per heavy atom.